The van der Waals surface area contributed by atoms with E-state index in [0.717, 1.165) is 5.81 Å². The predicted octanol–water partition coefficient (Wildman–Crippen LogP) is -2.55. The minimum atomic E-state index is -4.17. The molecule has 0 aliphatic carbocycles. The van der Waals surface area contributed by atoms with Gasteiger partial charge in [-0.25, -0.2) is 0 Å². The van der Waals surface area contributed by atoms with Crippen LogP contribution in [0.1, 0.15) is 13.8 Å². The Bertz CT molecular complexity index is 176. The van der Waals surface area contributed by atoms with E-state index in [1.54, 1.807) is 13.8 Å². The van der Waals surface area contributed by atoms with Crippen LogP contribution in [-0.2, 0) is 9.09 Å². The third-order valence-electron chi connectivity index (χ3n) is 0.472. The first-order valence-corrected chi connectivity index (χ1v) is 3.93. The van der Waals surface area contributed by atoms with Crippen LogP contribution >= 0.6 is 7.60 Å². The van der Waals surface area contributed by atoms with Crippen molar-refractivity contribution in [3.63, 3.8) is 0 Å². The van der Waals surface area contributed by atoms with Crippen LogP contribution in [0.5, 0.6) is 0 Å². The van der Waals surface area contributed by atoms with Crippen LogP contribution in [0, 0.1) is 11.1 Å². The molecule has 6 heteroatoms. The molecule has 4 nitrogen and oxygen atoms in total. The van der Waals surface area contributed by atoms with E-state index in [1.165, 1.54) is 0 Å². The van der Waals surface area contributed by atoms with Crippen LogP contribution in [0.15, 0.2) is 0 Å². The van der Waals surface area contributed by atoms with Gasteiger partial charge in [-0.2, -0.15) is 5.26 Å². The van der Waals surface area contributed by atoms with Gasteiger partial charge in [0, 0.05) is 0 Å². The van der Waals surface area contributed by atoms with Crippen LogP contribution in [0.4, 0.5) is 0 Å². The molecule has 0 N–H and O–H groups in total. The Labute approximate surface area is 82.0 Å². The minimum absolute atomic E-state index is 0. The third-order valence-corrected chi connectivity index (χ3v) is 1.42. The number of rotatable bonds is 2. The first kappa shape index (κ1) is 13.2. The molecule has 0 aliphatic rings. The molecule has 1 atom stereocenters. The fourth-order valence-electron chi connectivity index (χ4n) is 0.301. The summed E-state index contributed by atoms with van der Waals surface area (Å²) >= 11 is 0. The smallest absolute Gasteiger partial charge is 0.767 e. The van der Waals surface area contributed by atoms with Crippen molar-refractivity contribution >= 4 is 7.60 Å². The fourth-order valence-corrected chi connectivity index (χ4v) is 0.903. The minimum Gasteiger partial charge on any atom is -0.767 e. The maximum Gasteiger partial charge on any atom is 1.00 e. The van der Waals surface area contributed by atoms with Gasteiger partial charge in [0.25, 0.3) is 0 Å². The summed E-state index contributed by atoms with van der Waals surface area (Å²) in [5.41, 5.74) is 0. The molecule has 0 saturated heterocycles. The monoisotopic (exact) mass is 171 g/mol. The van der Waals surface area contributed by atoms with Crippen molar-refractivity contribution in [3.8, 4) is 5.81 Å². The van der Waals surface area contributed by atoms with Crippen molar-refractivity contribution in [1.82, 2.24) is 0 Å². The molecule has 0 aliphatic heterocycles. The van der Waals surface area contributed by atoms with Crippen molar-refractivity contribution in [3.05, 3.63) is 0 Å². The average molecular weight is 171 g/mol. The molecule has 0 aromatic carbocycles. The molecule has 0 heterocycles. The van der Waals surface area contributed by atoms with Gasteiger partial charge in [-0.15, -0.1) is 0 Å². The summed E-state index contributed by atoms with van der Waals surface area (Å²) in [7, 11) is -4.17. The number of hydrogen-bond donors (Lipinski definition) is 0. The van der Waals surface area contributed by atoms with Gasteiger partial charge in [0.2, 0.25) is 7.60 Å². The molecule has 10 heavy (non-hydrogen) atoms. The van der Waals surface area contributed by atoms with E-state index in [1.807, 2.05) is 0 Å². The summed E-state index contributed by atoms with van der Waals surface area (Å²) in [6.07, 6.45) is -0.451. The van der Waals surface area contributed by atoms with Gasteiger partial charge in [-0.3, -0.25) is 4.57 Å². The first-order chi connectivity index (χ1) is 3.98. The zero-order chi connectivity index (χ0) is 7.49. The number of hydrogen-bond acceptors (Lipinski definition) is 4. The average Bonchev–Trinajstić information content (AvgIpc) is 1.63. The van der Waals surface area contributed by atoms with Crippen LogP contribution in [-0.4, -0.2) is 6.10 Å². The summed E-state index contributed by atoms with van der Waals surface area (Å²) in [4.78, 5) is 10.3. The van der Waals surface area contributed by atoms with E-state index < -0.39 is 13.7 Å². The van der Waals surface area contributed by atoms with Gasteiger partial charge in [0.05, 0.1) is 6.10 Å². The molecular weight excluding hydrogens is 164 g/mol. The Hall–Kier alpha value is 0.640. The molecular formula is C4H7NNaO3P. The van der Waals surface area contributed by atoms with Crippen molar-refractivity contribution in [2.75, 3.05) is 0 Å². The largest absolute Gasteiger partial charge is 1.00 e. The first-order valence-electron chi connectivity index (χ1n) is 2.39. The normalized spacial score (nSPS) is 15.1. The quantitative estimate of drug-likeness (QED) is 0.338. The third kappa shape index (κ3) is 6.76. The van der Waals surface area contributed by atoms with Crippen LogP contribution in [0.2, 0.25) is 0 Å². The molecule has 0 saturated carbocycles. The molecule has 1 unspecified atom stereocenters. The van der Waals surface area contributed by atoms with Gasteiger partial charge >= 0.3 is 29.6 Å². The van der Waals surface area contributed by atoms with Gasteiger partial charge in [-0.05, 0) is 13.8 Å². The molecule has 0 radical (unpaired) electrons. The number of nitriles is 1. The Morgan fingerprint density at radius 2 is 2.10 bits per heavy atom. The van der Waals surface area contributed by atoms with Gasteiger partial charge in [0.15, 0.2) is 0 Å². The SMILES string of the molecule is CC(C)OP(=O)([O-])C#N.[Na+]. The van der Waals surface area contributed by atoms with Crippen LogP contribution < -0.4 is 34.5 Å². The fraction of sp³-hybridized carbons (Fsp3) is 0.750. The standard InChI is InChI=1S/C4H8NO3P.Na/c1-4(2)8-9(6,7)3-5;/h4H,1-2H3,(H,6,7);/q;+1/p-1. The second-order valence-corrected chi connectivity index (χ2v) is 3.16. The molecule has 0 spiro atoms. The van der Waals surface area contributed by atoms with E-state index in [2.05, 4.69) is 4.52 Å². The zero-order valence-electron chi connectivity index (χ0n) is 6.20. The van der Waals surface area contributed by atoms with Gasteiger partial charge in [0.1, 0.15) is 5.81 Å². The molecule has 0 fully saturated rings. The van der Waals surface area contributed by atoms with Crippen molar-refractivity contribution in [1.29, 1.82) is 5.26 Å². The van der Waals surface area contributed by atoms with E-state index in [4.69, 9.17) is 5.26 Å². The summed E-state index contributed by atoms with van der Waals surface area (Å²) < 4.78 is 14.5. The molecule has 52 valence electrons. The Kier molecular flexibility index (Phi) is 7.04. The van der Waals surface area contributed by atoms with Crippen molar-refractivity contribution in [2.24, 2.45) is 0 Å². The topological polar surface area (TPSA) is 73.2 Å². The van der Waals surface area contributed by atoms with E-state index in [-0.39, 0.29) is 29.6 Å². The summed E-state index contributed by atoms with van der Waals surface area (Å²) in [6, 6.07) is 0. The van der Waals surface area contributed by atoms with E-state index in [9.17, 15) is 9.46 Å². The summed E-state index contributed by atoms with van der Waals surface area (Å²) in [5, 5.41) is 7.89. The summed E-state index contributed by atoms with van der Waals surface area (Å²) in [6.45, 7) is 3.09. The van der Waals surface area contributed by atoms with Crippen molar-refractivity contribution in [2.45, 2.75) is 20.0 Å². The Balaban J connectivity index is 0. The maximum atomic E-state index is 10.3. The second-order valence-electron chi connectivity index (χ2n) is 1.75. The van der Waals surface area contributed by atoms with Gasteiger partial charge < -0.3 is 9.42 Å². The van der Waals surface area contributed by atoms with Crippen LogP contribution in [0.3, 0.4) is 0 Å². The van der Waals surface area contributed by atoms with E-state index in [0.29, 0.717) is 0 Å². The predicted molar refractivity (Wildman–Crippen MR) is 29.4 cm³/mol. The maximum absolute atomic E-state index is 10.3. The zero-order valence-corrected chi connectivity index (χ0v) is 9.09. The second kappa shape index (κ2) is 5.31. The number of nitrogens with zero attached hydrogens (tertiary/aromatic N) is 1. The van der Waals surface area contributed by atoms with Crippen molar-refractivity contribution < 1.29 is 43.5 Å². The summed E-state index contributed by atoms with van der Waals surface area (Å²) in [5.74, 6) is 1.05. The Morgan fingerprint density at radius 1 is 1.70 bits per heavy atom. The molecule has 0 rings (SSSR count). The van der Waals surface area contributed by atoms with Gasteiger partial charge in [-0.1, -0.05) is 0 Å². The molecule has 0 aromatic heterocycles. The molecule has 0 aromatic rings. The van der Waals surface area contributed by atoms with E-state index >= 15 is 0 Å². The molecule has 0 amide bonds. The Morgan fingerprint density at radius 3 is 2.20 bits per heavy atom. The van der Waals surface area contributed by atoms with Crippen LogP contribution in [0.25, 0.3) is 0 Å². The molecule has 0 bridgehead atoms.